The van der Waals surface area contributed by atoms with E-state index in [1.165, 1.54) is 26.3 Å². The zero-order valence-corrected chi connectivity index (χ0v) is 7.43. The molecule has 1 aromatic carbocycles. The van der Waals surface area contributed by atoms with Crippen LogP contribution in [0.5, 0.6) is 0 Å². The molecule has 0 unspecified atom stereocenters. The van der Waals surface area contributed by atoms with Gasteiger partial charge in [-0.15, -0.1) is 0 Å². The fourth-order valence-electron chi connectivity index (χ4n) is 0.890. The van der Waals surface area contributed by atoms with E-state index in [2.05, 4.69) is 4.84 Å². The molecule has 0 heterocycles. The molecule has 1 aromatic rings. The molecular formula is C8H10N2O3-2. The number of hydrogen-bond acceptors (Lipinski definition) is 5. The van der Waals surface area contributed by atoms with Crippen LogP contribution in [0.4, 0.5) is 11.4 Å². The van der Waals surface area contributed by atoms with Gasteiger partial charge in [-0.1, -0.05) is 0 Å². The van der Waals surface area contributed by atoms with Gasteiger partial charge in [-0.05, 0) is 31.3 Å². The molecule has 0 aliphatic rings. The Balaban J connectivity index is 2.81. The maximum atomic E-state index is 10.9. The van der Waals surface area contributed by atoms with E-state index in [-0.39, 0.29) is 0 Å². The SMILES string of the molecule is CON([O-])c1ccc(N(C)[O-])cc1. The minimum absolute atomic E-state index is 0.355. The van der Waals surface area contributed by atoms with Crippen molar-refractivity contribution in [2.75, 3.05) is 24.4 Å². The highest BCUT2D eigenvalue weighted by molar-refractivity contribution is 5.55. The maximum Gasteiger partial charge on any atom is 0.0629 e. The fraction of sp³-hybridized carbons (Fsp3) is 0.250. The zero-order chi connectivity index (χ0) is 9.84. The summed E-state index contributed by atoms with van der Waals surface area (Å²) >= 11 is 0. The molecule has 0 aliphatic heterocycles. The molecule has 0 saturated carbocycles. The summed E-state index contributed by atoms with van der Waals surface area (Å²) in [6.07, 6.45) is 0. The highest BCUT2D eigenvalue weighted by Crippen LogP contribution is 2.18. The van der Waals surface area contributed by atoms with Gasteiger partial charge in [0.15, 0.2) is 0 Å². The van der Waals surface area contributed by atoms with E-state index in [4.69, 9.17) is 0 Å². The van der Waals surface area contributed by atoms with Gasteiger partial charge in [0.2, 0.25) is 0 Å². The van der Waals surface area contributed by atoms with Gasteiger partial charge in [0.1, 0.15) is 0 Å². The summed E-state index contributed by atoms with van der Waals surface area (Å²) in [7, 11) is 2.67. The molecule has 1 rings (SSSR count). The lowest BCUT2D eigenvalue weighted by Gasteiger charge is -2.29. The van der Waals surface area contributed by atoms with Crippen molar-refractivity contribution in [1.82, 2.24) is 0 Å². The lowest BCUT2D eigenvalue weighted by atomic mass is 10.3. The maximum absolute atomic E-state index is 10.9. The molecule has 0 aromatic heterocycles. The number of nitrogens with zero attached hydrogens (tertiary/aromatic N) is 2. The first-order valence-corrected chi connectivity index (χ1v) is 3.67. The summed E-state index contributed by atoms with van der Waals surface area (Å²) in [4.78, 5) is 4.42. The van der Waals surface area contributed by atoms with E-state index in [0.29, 0.717) is 21.7 Å². The smallest absolute Gasteiger partial charge is 0.0629 e. The molecule has 5 nitrogen and oxygen atoms in total. The summed E-state index contributed by atoms with van der Waals surface area (Å²) in [5.41, 5.74) is 0.848. The summed E-state index contributed by atoms with van der Waals surface area (Å²) in [5, 5.41) is 22.8. The molecular weight excluding hydrogens is 172 g/mol. The van der Waals surface area contributed by atoms with E-state index in [9.17, 15) is 10.4 Å². The second-order valence-electron chi connectivity index (χ2n) is 2.45. The van der Waals surface area contributed by atoms with Crippen molar-refractivity contribution in [2.24, 2.45) is 0 Å². The second-order valence-corrected chi connectivity index (χ2v) is 2.45. The topological polar surface area (TPSA) is 61.8 Å². The van der Waals surface area contributed by atoms with Crippen LogP contribution in [0, 0.1) is 10.4 Å². The molecule has 0 bridgehead atoms. The molecule has 5 heteroatoms. The van der Waals surface area contributed by atoms with Crippen molar-refractivity contribution in [2.45, 2.75) is 0 Å². The molecule has 0 amide bonds. The molecule has 0 fully saturated rings. The van der Waals surface area contributed by atoms with E-state index in [0.717, 1.165) is 0 Å². The Labute approximate surface area is 76.2 Å². The summed E-state index contributed by atoms with van der Waals surface area (Å²) < 4.78 is 0. The van der Waals surface area contributed by atoms with Gasteiger partial charge in [-0.3, -0.25) is 4.84 Å². The van der Waals surface area contributed by atoms with Gasteiger partial charge >= 0.3 is 0 Å². The molecule has 0 aliphatic carbocycles. The van der Waals surface area contributed by atoms with Crippen LogP contribution in [0.2, 0.25) is 0 Å². The van der Waals surface area contributed by atoms with Crippen molar-refractivity contribution in [3.8, 4) is 0 Å². The predicted molar refractivity (Wildman–Crippen MR) is 51.1 cm³/mol. The lowest BCUT2D eigenvalue weighted by Crippen LogP contribution is -2.12. The second kappa shape index (κ2) is 4.08. The van der Waals surface area contributed by atoms with Gasteiger partial charge in [0.25, 0.3) is 0 Å². The molecule has 0 N–H and O–H groups in total. The number of hydroxylamine groups is 1. The van der Waals surface area contributed by atoms with Crippen LogP contribution >= 0.6 is 0 Å². The first-order valence-electron chi connectivity index (χ1n) is 3.67. The van der Waals surface area contributed by atoms with Crippen LogP contribution in [0.1, 0.15) is 0 Å². The number of hydrogen-bond donors (Lipinski definition) is 0. The average Bonchev–Trinajstić information content (AvgIpc) is 2.17. The minimum Gasteiger partial charge on any atom is -0.758 e. The van der Waals surface area contributed by atoms with Crippen LogP contribution in [-0.4, -0.2) is 14.2 Å². The molecule has 72 valence electrons. The zero-order valence-electron chi connectivity index (χ0n) is 7.43. The van der Waals surface area contributed by atoms with E-state index < -0.39 is 0 Å². The van der Waals surface area contributed by atoms with Crippen molar-refractivity contribution >= 4 is 11.4 Å². The Morgan fingerprint density at radius 2 is 1.54 bits per heavy atom. The Kier molecular flexibility index (Phi) is 3.07. The van der Waals surface area contributed by atoms with Crippen LogP contribution < -0.4 is 10.3 Å². The van der Waals surface area contributed by atoms with Crippen LogP contribution in [-0.2, 0) is 4.84 Å². The molecule has 0 radical (unpaired) electrons. The fourth-order valence-corrected chi connectivity index (χ4v) is 0.890. The van der Waals surface area contributed by atoms with Gasteiger partial charge in [-0.2, -0.15) is 0 Å². The third-order valence-electron chi connectivity index (χ3n) is 1.59. The number of benzene rings is 1. The summed E-state index contributed by atoms with van der Waals surface area (Å²) in [6.45, 7) is 0. The van der Waals surface area contributed by atoms with Gasteiger partial charge in [0, 0.05) is 5.69 Å². The first-order chi connectivity index (χ1) is 6.15. The number of anilines is 2. The summed E-state index contributed by atoms with van der Waals surface area (Å²) in [6, 6.07) is 6.12. The Hall–Kier alpha value is -1.30. The largest absolute Gasteiger partial charge is 0.758 e. The van der Waals surface area contributed by atoms with Gasteiger partial charge in [-0.25, -0.2) is 0 Å². The minimum atomic E-state index is 0.355. The van der Waals surface area contributed by atoms with Gasteiger partial charge in [0.05, 0.1) is 12.8 Å². The van der Waals surface area contributed by atoms with Crippen LogP contribution in [0.15, 0.2) is 24.3 Å². The highest BCUT2D eigenvalue weighted by atomic mass is 16.9. The van der Waals surface area contributed by atoms with Crippen molar-refractivity contribution in [1.29, 1.82) is 0 Å². The average molecular weight is 182 g/mol. The quantitative estimate of drug-likeness (QED) is 0.662. The molecule has 0 saturated heterocycles. The monoisotopic (exact) mass is 182 g/mol. The standard InChI is InChI=1S/C8H10N2O3/c1-9(11)7-3-5-8(6-4-7)10(12)13-2/h3-6H,1-2H3/q-2. The lowest BCUT2D eigenvalue weighted by molar-refractivity contribution is 0.198. The van der Waals surface area contributed by atoms with E-state index in [1.54, 1.807) is 12.1 Å². The molecule has 0 spiro atoms. The van der Waals surface area contributed by atoms with Crippen LogP contribution in [0.25, 0.3) is 0 Å². The van der Waals surface area contributed by atoms with Crippen molar-refractivity contribution < 1.29 is 4.84 Å². The third kappa shape index (κ3) is 2.32. The van der Waals surface area contributed by atoms with E-state index >= 15 is 0 Å². The number of rotatable bonds is 3. The Morgan fingerprint density at radius 3 is 1.92 bits per heavy atom. The Morgan fingerprint density at radius 1 is 1.08 bits per heavy atom. The molecule has 0 atom stereocenters. The highest BCUT2D eigenvalue weighted by Gasteiger charge is 1.94. The summed E-state index contributed by atoms with van der Waals surface area (Å²) in [5.74, 6) is 0. The van der Waals surface area contributed by atoms with Crippen molar-refractivity contribution in [3.05, 3.63) is 34.7 Å². The Bertz CT molecular complexity index is 261. The predicted octanol–water partition coefficient (Wildman–Crippen LogP) is 1.49. The molecule has 13 heavy (non-hydrogen) atoms. The van der Waals surface area contributed by atoms with E-state index in [1.807, 2.05) is 0 Å². The van der Waals surface area contributed by atoms with Gasteiger partial charge < -0.3 is 20.7 Å². The third-order valence-corrected chi connectivity index (χ3v) is 1.59. The normalized spacial score (nSPS) is 9.85. The first kappa shape index (κ1) is 9.79. The van der Waals surface area contributed by atoms with Crippen molar-refractivity contribution in [3.63, 3.8) is 0 Å². The van der Waals surface area contributed by atoms with Crippen LogP contribution in [0.3, 0.4) is 0 Å².